The first-order chi connectivity index (χ1) is 10.2. The van der Waals surface area contributed by atoms with Crippen molar-refractivity contribution in [1.29, 1.82) is 0 Å². The molecule has 21 heavy (non-hydrogen) atoms. The van der Waals surface area contributed by atoms with E-state index in [4.69, 9.17) is 4.74 Å². The molecule has 0 saturated carbocycles. The van der Waals surface area contributed by atoms with Gasteiger partial charge in [-0.3, -0.25) is 9.69 Å². The average Bonchev–Trinajstić information content (AvgIpc) is 2.48. The number of piperidine rings is 1. The Morgan fingerprint density at radius 3 is 2.81 bits per heavy atom. The zero-order valence-electron chi connectivity index (χ0n) is 13.1. The third kappa shape index (κ3) is 5.14. The van der Waals surface area contributed by atoms with Gasteiger partial charge in [0.2, 0.25) is 0 Å². The molecule has 1 aliphatic heterocycles. The largest absolute Gasteiger partial charge is 0.383 e. The van der Waals surface area contributed by atoms with Gasteiger partial charge in [-0.25, -0.2) is 0 Å². The molecule has 1 heterocycles. The molecule has 1 amide bonds. The van der Waals surface area contributed by atoms with Crippen molar-refractivity contribution in [2.75, 3.05) is 33.4 Å². The lowest BCUT2D eigenvalue weighted by Gasteiger charge is -2.30. The van der Waals surface area contributed by atoms with E-state index in [9.17, 15) is 4.79 Å². The van der Waals surface area contributed by atoms with Crippen LogP contribution in [0.25, 0.3) is 0 Å². The van der Waals surface area contributed by atoms with Crippen LogP contribution in [0.4, 0.5) is 0 Å². The summed E-state index contributed by atoms with van der Waals surface area (Å²) in [4.78, 5) is 14.4. The first-order valence-electron chi connectivity index (χ1n) is 7.77. The normalized spacial score (nSPS) is 19.4. The molecule has 0 bridgehead atoms. The fraction of sp³-hybridized carbons (Fsp3) is 0.588. The molecule has 1 aliphatic rings. The maximum absolute atomic E-state index is 11.9. The van der Waals surface area contributed by atoms with Gasteiger partial charge in [0.15, 0.2) is 0 Å². The molecule has 1 aromatic rings. The lowest BCUT2D eigenvalue weighted by Crippen LogP contribution is -2.33. The number of hydrogen-bond donors (Lipinski definition) is 1. The molecule has 1 fully saturated rings. The third-order valence-corrected chi connectivity index (χ3v) is 3.96. The highest BCUT2D eigenvalue weighted by Crippen LogP contribution is 2.18. The van der Waals surface area contributed by atoms with Crippen LogP contribution in [-0.2, 0) is 11.3 Å². The van der Waals surface area contributed by atoms with Crippen molar-refractivity contribution in [3.63, 3.8) is 0 Å². The molecule has 2 rings (SSSR count). The Kier molecular flexibility index (Phi) is 6.21. The third-order valence-electron chi connectivity index (χ3n) is 3.96. The molecule has 0 aromatic heterocycles. The molecule has 4 heteroatoms. The standard InChI is InChI=1S/C17H26N2O2/c1-14-4-3-10-19(12-14)13-15-5-7-16(8-6-15)17(20)18-9-11-21-2/h5-8,14H,3-4,9-13H2,1-2H3,(H,18,20). The highest BCUT2D eigenvalue weighted by Gasteiger charge is 2.16. The van der Waals surface area contributed by atoms with E-state index in [1.54, 1.807) is 7.11 Å². The van der Waals surface area contributed by atoms with Gasteiger partial charge in [0, 0.05) is 32.3 Å². The van der Waals surface area contributed by atoms with E-state index >= 15 is 0 Å². The van der Waals surface area contributed by atoms with E-state index in [0.29, 0.717) is 18.7 Å². The van der Waals surface area contributed by atoms with Crippen molar-refractivity contribution in [2.24, 2.45) is 5.92 Å². The number of amides is 1. The molecule has 116 valence electrons. The number of nitrogens with one attached hydrogen (secondary N) is 1. The molecule has 4 nitrogen and oxygen atoms in total. The second-order valence-corrected chi connectivity index (χ2v) is 5.93. The van der Waals surface area contributed by atoms with E-state index in [0.717, 1.165) is 12.5 Å². The molecule has 1 atom stereocenters. The van der Waals surface area contributed by atoms with Gasteiger partial charge in [0.1, 0.15) is 0 Å². The topological polar surface area (TPSA) is 41.6 Å². The molecule has 0 aliphatic carbocycles. The van der Waals surface area contributed by atoms with Crippen molar-refractivity contribution in [3.05, 3.63) is 35.4 Å². The van der Waals surface area contributed by atoms with Gasteiger partial charge < -0.3 is 10.1 Å². The highest BCUT2D eigenvalue weighted by atomic mass is 16.5. The van der Waals surface area contributed by atoms with Crippen LogP contribution in [0, 0.1) is 5.92 Å². The summed E-state index contributed by atoms with van der Waals surface area (Å²) in [6.45, 7) is 6.75. The number of methoxy groups -OCH3 is 1. The number of carbonyl (C=O) groups is 1. The molecule has 1 N–H and O–H groups in total. The summed E-state index contributed by atoms with van der Waals surface area (Å²) in [5.74, 6) is 0.759. The minimum atomic E-state index is -0.0369. The van der Waals surface area contributed by atoms with E-state index in [1.807, 2.05) is 12.1 Å². The van der Waals surface area contributed by atoms with E-state index in [1.165, 1.54) is 31.5 Å². The van der Waals surface area contributed by atoms with Crippen LogP contribution in [0.5, 0.6) is 0 Å². The Hall–Kier alpha value is -1.39. The van der Waals surface area contributed by atoms with Crippen molar-refractivity contribution >= 4 is 5.91 Å². The number of likely N-dealkylation sites (tertiary alicyclic amines) is 1. The highest BCUT2D eigenvalue weighted by molar-refractivity contribution is 5.94. The predicted molar refractivity (Wildman–Crippen MR) is 84.3 cm³/mol. The molecule has 0 spiro atoms. The van der Waals surface area contributed by atoms with Gasteiger partial charge in [-0.05, 0) is 43.0 Å². The monoisotopic (exact) mass is 290 g/mol. The lowest BCUT2D eigenvalue weighted by molar-refractivity contribution is 0.0937. The van der Waals surface area contributed by atoms with E-state index < -0.39 is 0 Å². The van der Waals surface area contributed by atoms with Crippen LogP contribution in [0.15, 0.2) is 24.3 Å². The summed E-state index contributed by atoms with van der Waals surface area (Å²) >= 11 is 0. The molecular weight excluding hydrogens is 264 g/mol. The minimum absolute atomic E-state index is 0.0369. The maximum atomic E-state index is 11.9. The van der Waals surface area contributed by atoms with Crippen LogP contribution in [0.1, 0.15) is 35.7 Å². The average molecular weight is 290 g/mol. The second kappa shape index (κ2) is 8.15. The number of carbonyl (C=O) groups excluding carboxylic acids is 1. The Morgan fingerprint density at radius 1 is 1.38 bits per heavy atom. The summed E-state index contributed by atoms with van der Waals surface area (Å²) < 4.78 is 4.92. The number of benzene rings is 1. The van der Waals surface area contributed by atoms with Crippen molar-refractivity contribution in [1.82, 2.24) is 10.2 Å². The van der Waals surface area contributed by atoms with Crippen LogP contribution >= 0.6 is 0 Å². The van der Waals surface area contributed by atoms with Crippen molar-refractivity contribution < 1.29 is 9.53 Å². The molecule has 0 radical (unpaired) electrons. The van der Waals surface area contributed by atoms with E-state index in [-0.39, 0.29) is 5.91 Å². The number of nitrogens with zero attached hydrogens (tertiary/aromatic N) is 1. The summed E-state index contributed by atoms with van der Waals surface area (Å²) in [7, 11) is 1.63. The maximum Gasteiger partial charge on any atom is 0.251 e. The van der Waals surface area contributed by atoms with Crippen LogP contribution in [0.2, 0.25) is 0 Å². The Balaban J connectivity index is 1.85. The fourth-order valence-corrected chi connectivity index (χ4v) is 2.82. The van der Waals surface area contributed by atoms with Crippen molar-refractivity contribution in [2.45, 2.75) is 26.3 Å². The first-order valence-corrected chi connectivity index (χ1v) is 7.77. The van der Waals surface area contributed by atoms with Crippen molar-refractivity contribution in [3.8, 4) is 0 Å². The van der Waals surface area contributed by atoms with Gasteiger partial charge >= 0.3 is 0 Å². The number of hydrogen-bond acceptors (Lipinski definition) is 3. The zero-order chi connectivity index (χ0) is 15.1. The summed E-state index contributed by atoms with van der Waals surface area (Å²) in [5.41, 5.74) is 1.99. The molecule has 1 aromatic carbocycles. The molecular formula is C17H26N2O2. The zero-order valence-corrected chi connectivity index (χ0v) is 13.1. The van der Waals surface area contributed by atoms with Gasteiger partial charge in [-0.2, -0.15) is 0 Å². The summed E-state index contributed by atoms with van der Waals surface area (Å²) in [5, 5.41) is 2.83. The number of rotatable bonds is 6. The van der Waals surface area contributed by atoms with Crippen LogP contribution in [0.3, 0.4) is 0 Å². The smallest absolute Gasteiger partial charge is 0.251 e. The van der Waals surface area contributed by atoms with Crippen LogP contribution < -0.4 is 5.32 Å². The van der Waals surface area contributed by atoms with Gasteiger partial charge in [-0.15, -0.1) is 0 Å². The SMILES string of the molecule is COCCNC(=O)c1ccc(CN2CCCC(C)C2)cc1. The quantitative estimate of drug-likeness (QED) is 0.817. The summed E-state index contributed by atoms with van der Waals surface area (Å²) in [6.07, 6.45) is 2.64. The fourth-order valence-electron chi connectivity index (χ4n) is 2.82. The summed E-state index contributed by atoms with van der Waals surface area (Å²) in [6, 6.07) is 7.94. The lowest BCUT2D eigenvalue weighted by atomic mass is 9.99. The minimum Gasteiger partial charge on any atom is -0.383 e. The molecule has 1 unspecified atom stereocenters. The predicted octanol–water partition coefficient (Wildman–Crippen LogP) is 2.29. The number of ether oxygens (including phenoxy) is 1. The first kappa shape index (κ1) is 16.0. The van der Waals surface area contributed by atoms with Crippen LogP contribution in [-0.4, -0.2) is 44.2 Å². The Bertz CT molecular complexity index is 445. The van der Waals surface area contributed by atoms with Gasteiger partial charge in [0.25, 0.3) is 5.91 Å². The molecule has 1 saturated heterocycles. The van der Waals surface area contributed by atoms with Gasteiger partial charge in [-0.1, -0.05) is 19.1 Å². The van der Waals surface area contributed by atoms with Gasteiger partial charge in [0.05, 0.1) is 6.61 Å². The Morgan fingerprint density at radius 2 is 2.14 bits per heavy atom. The Labute approximate surface area is 127 Å². The van der Waals surface area contributed by atoms with E-state index in [2.05, 4.69) is 29.3 Å². The second-order valence-electron chi connectivity index (χ2n) is 5.93.